The first-order chi connectivity index (χ1) is 26.0. The van der Waals surface area contributed by atoms with Gasteiger partial charge in [-0.2, -0.15) is 15.0 Å². The van der Waals surface area contributed by atoms with Crippen molar-refractivity contribution in [3.8, 4) is 5.75 Å². The summed E-state index contributed by atoms with van der Waals surface area (Å²) < 4.78 is 11.3. The summed E-state index contributed by atoms with van der Waals surface area (Å²) in [6, 6.07) is 37.0. The fourth-order valence-corrected chi connectivity index (χ4v) is 5.46. The highest BCUT2D eigenvalue weighted by atomic mass is 16.5. The van der Waals surface area contributed by atoms with Gasteiger partial charge >= 0.3 is 0 Å². The lowest BCUT2D eigenvalue weighted by Crippen LogP contribution is -2.22. The number of nitrogens with one attached hydrogen (secondary N) is 4. The van der Waals surface area contributed by atoms with E-state index in [1.165, 1.54) is 0 Å². The zero-order valence-corrected chi connectivity index (χ0v) is 29.1. The molecule has 1 aromatic heterocycles. The number of Topliss-reactive ketones (excluding diaryl/α,β-unsaturated/α-hetero) is 1. The summed E-state index contributed by atoms with van der Waals surface area (Å²) in [5.74, 6) is 0.944. The summed E-state index contributed by atoms with van der Waals surface area (Å²) in [6.45, 7) is 2.54. The van der Waals surface area contributed by atoms with Gasteiger partial charge in [-0.15, -0.1) is 0 Å². The van der Waals surface area contributed by atoms with Gasteiger partial charge in [0.15, 0.2) is 5.78 Å². The standard InChI is InChI=1S/C41H41N7O5/c49-35-21-19-34(20-22-35)45-41-47-39(42-23-25-53-27-26-52-24-7-14-37(50)30-9-2-1-3-10-30)46-40(48-41)44-33-17-15-31(16-18-33)38(51)43-28-32-12-6-11-29-8-4-5-13-36(29)32/h1-6,8-13,15-22,49H,7,14,23-28H2,(H,43,51)(H3,42,44,45,46,47,48). The Hall–Kier alpha value is -6.37. The molecule has 1 amide bonds. The fourth-order valence-electron chi connectivity index (χ4n) is 5.46. The van der Waals surface area contributed by atoms with Crippen LogP contribution in [0.3, 0.4) is 0 Å². The Morgan fingerprint density at radius 2 is 1.23 bits per heavy atom. The smallest absolute Gasteiger partial charge is 0.251 e. The lowest BCUT2D eigenvalue weighted by atomic mass is 10.0. The van der Waals surface area contributed by atoms with Gasteiger partial charge < -0.3 is 35.8 Å². The number of rotatable bonds is 19. The maximum absolute atomic E-state index is 13.0. The Kier molecular flexibility index (Phi) is 12.9. The van der Waals surface area contributed by atoms with Crippen LogP contribution in [0.2, 0.25) is 0 Å². The first-order valence-electron chi connectivity index (χ1n) is 17.4. The van der Waals surface area contributed by atoms with Crippen LogP contribution >= 0.6 is 0 Å². The van der Waals surface area contributed by atoms with Gasteiger partial charge in [0.05, 0.1) is 19.8 Å². The largest absolute Gasteiger partial charge is 0.508 e. The summed E-state index contributed by atoms with van der Waals surface area (Å²) in [5.41, 5.74) is 3.64. The van der Waals surface area contributed by atoms with Crippen LogP contribution in [-0.2, 0) is 16.0 Å². The fraction of sp³-hybridized carbons (Fsp3) is 0.195. The molecule has 1 heterocycles. The normalized spacial score (nSPS) is 10.9. The van der Waals surface area contributed by atoms with E-state index in [1.807, 2.05) is 54.6 Å². The molecule has 12 nitrogen and oxygen atoms in total. The van der Waals surface area contributed by atoms with Crippen LogP contribution < -0.4 is 21.3 Å². The lowest BCUT2D eigenvalue weighted by molar-refractivity contribution is 0.0497. The van der Waals surface area contributed by atoms with E-state index in [2.05, 4.69) is 54.4 Å². The Morgan fingerprint density at radius 1 is 0.604 bits per heavy atom. The van der Waals surface area contributed by atoms with Gasteiger partial charge in [-0.1, -0.05) is 72.8 Å². The third-order valence-electron chi connectivity index (χ3n) is 8.17. The second-order valence-corrected chi connectivity index (χ2v) is 12.0. The van der Waals surface area contributed by atoms with Crippen molar-refractivity contribution in [1.82, 2.24) is 20.3 Å². The maximum Gasteiger partial charge on any atom is 0.251 e. The molecule has 0 fully saturated rings. The minimum absolute atomic E-state index is 0.112. The average Bonchev–Trinajstić information content (AvgIpc) is 3.19. The number of phenols is 1. The third kappa shape index (κ3) is 11.1. The van der Waals surface area contributed by atoms with Crippen molar-refractivity contribution < 1.29 is 24.2 Å². The zero-order valence-electron chi connectivity index (χ0n) is 29.1. The van der Waals surface area contributed by atoms with Gasteiger partial charge in [0.25, 0.3) is 5.91 Å². The Labute approximate surface area is 307 Å². The number of aromatic nitrogens is 3. The number of hydrogen-bond donors (Lipinski definition) is 5. The molecule has 12 heteroatoms. The summed E-state index contributed by atoms with van der Waals surface area (Å²) in [7, 11) is 0. The molecule has 5 N–H and O–H groups in total. The number of anilines is 5. The number of ketones is 1. The molecular weight excluding hydrogens is 670 g/mol. The number of ether oxygens (including phenoxy) is 2. The minimum Gasteiger partial charge on any atom is -0.508 e. The van der Waals surface area contributed by atoms with Gasteiger partial charge in [0.2, 0.25) is 17.8 Å². The topological polar surface area (TPSA) is 160 Å². The number of amides is 1. The summed E-state index contributed by atoms with van der Waals surface area (Å²) in [4.78, 5) is 38.7. The summed E-state index contributed by atoms with van der Waals surface area (Å²) in [6.07, 6.45) is 1.09. The lowest BCUT2D eigenvalue weighted by Gasteiger charge is -2.12. The molecule has 6 aromatic rings. The van der Waals surface area contributed by atoms with E-state index in [0.29, 0.717) is 75.2 Å². The van der Waals surface area contributed by atoms with E-state index >= 15 is 0 Å². The molecule has 0 unspecified atom stereocenters. The van der Waals surface area contributed by atoms with Gasteiger partial charge in [-0.3, -0.25) is 9.59 Å². The van der Waals surface area contributed by atoms with Crippen LogP contribution in [0.15, 0.2) is 121 Å². The molecule has 0 radical (unpaired) electrons. The maximum atomic E-state index is 13.0. The quantitative estimate of drug-likeness (QED) is 0.0327. The summed E-state index contributed by atoms with van der Waals surface area (Å²) >= 11 is 0. The molecule has 0 atom stereocenters. The molecule has 0 aliphatic carbocycles. The van der Waals surface area contributed by atoms with Crippen LogP contribution in [0.4, 0.5) is 29.2 Å². The van der Waals surface area contributed by atoms with E-state index in [0.717, 1.165) is 21.9 Å². The van der Waals surface area contributed by atoms with Crippen molar-refractivity contribution >= 4 is 51.7 Å². The first kappa shape index (κ1) is 36.4. The van der Waals surface area contributed by atoms with Gasteiger partial charge in [-0.25, -0.2) is 0 Å². The molecule has 0 aliphatic heterocycles. The van der Waals surface area contributed by atoms with Crippen molar-refractivity contribution in [3.05, 3.63) is 138 Å². The molecule has 0 aliphatic rings. The second-order valence-electron chi connectivity index (χ2n) is 12.0. The molecule has 5 aromatic carbocycles. The monoisotopic (exact) mass is 711 g/mol. The number of nitrogens with zero attached hydrogens (tertiary/aromatic N) is 3. The number of carbonyl (C=O) groups excluding carboxylic acids is 2. The molecular formula is C41H41N7O5. The van der Waals surface area contributed by atoms with Crippen LogP contribution in [0.5, 0.6) is 5.75 Å². The highest BCUT2D eigenvalue weighted by Gasteiger charge is 2.11. The number of phenolic OH excluding ortho intramolecular Hbond substituents is 1. The molecule has 53 heavy (non-hydrogen) atoms. The molecule has 0 saturated heterocycles. The predicted octanol–water partition coefficient (Wildman–Crippen LogP) is 7.26. The van der Waals surface area contributed by atoms with Crippen LogP contribution in [-0.4, -0.2) is 64.7 Å². The van der Waals surface area contributed by atoms with Crippen LogP contribution in [0.1, 0.15) is 39.1 Å². The number of hydrogen-bond acceptors (Lipinski definition) is 11. The molecule has 0 spiro atoms. The van der Waals surface area contributed by atoms with E-state index in [1.54, 1.807) is 48.5 Å². The van der Waals surface area contributed by atoms with Crippen molar-refractivity contribution in [3.63, 3.8) is 0 Å². The van der Waals surface area contributed by atoms with Crippen LogP contribution in [0, 0.1) is 0 Å². The second kappa shape index (κ2) is 18.7. The van der Waals surface area contributed by atoms with E-state index in [9.17, 15) is 14.7 Å². The van der Waals surface area contributed by atoms with Crippen LogP contribution in [0.25, 0.3) is 10.8 Å². The zero-order chi connectivity index (χ0) is 36.7. The Bertz CT molecular complexity index is 2090. The number of fused-ring (bicyclic) bond motifs is 1. The highest BCUT2D eigenvalue weighted by molar-refractivity contribution is 5.96. The third-order valence-corrected chi connectivity index (χ3v) is 8.17. The van der Waals surface area contributed by atoms with Crippen molar-refractivity contribution in [2.24, 2.45) is 0 Å². The van der Waals surface area contributed by atoms with Crippen molar-refractivity contribution in [2.45, 2.75) is 19.4 Å². The average molecular weight is 712 g/mol. The van der Waals surface area contributed by atoms with Gasteiger partial charge in [0, 0.05) is 48.6 Å². The Balaban J connectivity index is 0.985. The molecule has 6 rings (SSSR count). The highest BCUT2D eigenvalue weighted by Crippen LogP contribution is 2.22. The Morgan fingerprint density at radius 3 is 1.96 bits per heavy atom. The molecule has 270 valence electrons. The molecule has 0 saturated carbocycles. The number of carbonyl (C=O) groups is 2. The van der Waals surface area contributed by atoms with E-state index in [4.69, 9.17) is 9.47 Å². The molecule has 0 bridgehead atoms. The van der Waals surface area contributed by atoms with E-state index < -0.39 is 0 Å². The van der Waals surface area contributed by atoms with Gasteiger partial charge in [-0.05, 0) is 71.3 Å². The number of benzene rings is 5. The van der Waals surface area contributed by atoms with Crippen molar-refractivity contribution in [2.75, 3.05) is 48.9 Å². The SMILES string of the molecule is O=C(CCCOCCOCCNc1nc(Nc2ccc(O)cc2)nc(Nc2ccc(C(=O)NCc3cccc4ccccc34)cc2)n1)c1ccccc1. The predicted molar refractivity (Wildman–Crippen MR) is 206 cm³/mol. The van der Waals surface area contributed by atoms with Crippen molar-refractivity contribution in [1.29, 1.82) is 0 Å². The first-order valence-corrected chi connectivity index (χ1v) is 17.4. The van der Waals surface area contributed by atoms with E-state index in [-0.39, 0.29) is 29.3 Å². The van der Waals surface area contributed by atoms with Gasteiger partial charge in [0.1, 0.15) is 5.75 Å². The number of aromatic hydroxyl groups is 1. The minimum atomic E-state index is -0.180. The summed E-state index contributed by atoms with van der Waals surface area (Å²) in [5, 5.41) is 24.4.